The van der Waals surface area contributed by atoms with Gasteiger partial charge < -0.3 is 13.8 Å². The number of rotatable bonds is 8. The van der Waals surface area contributed by atoms with Crippen molar-refractivity contribution in [3.8, 4) is 17.2 Å². The second-order valence-corrected chi connectivity index (χ2v) is 7.69. The van der Waals surface area contributed by atoms with Gasteiger partial charge in [-0.15, -0.1) is 0 Å². The summed E-state index contributed by atoms with van der Waals surface area (Å²) in [6.07, 6.45) is 0.0812. The van der Waals surface area contributed by atoms with Gasteiger partial charge in [-0.1, -0.05) is 36.4 Å². The molecule has 0 bridgehead atoms. The van der Waals surface area contributed by atoms with Crippen molar-refractivity contribution in [1.29, 1.82) is 0 Å². The molecule has 0 radical (unpaired) electrons. The van der Waals surface area contributed by atoms with Crippen molar-refractivity contribution in [2.24, 2.45) is 0 Å². The molecule has 140 valence electrons. The number of nitrogens with one attached hydrogen (secondary N) is 1. The van der Waals surface area contributed by atoms with E-state index >= 15 is 0 Å². The maximum absolute atomic E-state index is 13.4. The molecule has 6 heteroatoms. The first-order valence-corrected chi connectivity index (χ1v) is 10.2. The normalized spacial score (nSPS) is 11.1. The van der Waals surface area contributed by atoms with E-state index in [1.54, 1.807) is 72.8 Å². The van der Waals surface area contributed by atoms with E-state index in [1.807, 2.05) is 26.0 Å². The summed E-state index contributed by atoms with van der Waals surface area (Å²) in [4.78, 5) is 0. The lowest BCUT2D eigenvalue weighted by Crippen LogP contribution is -2.10. The Kier molecular flexibility index (Phi) is 6.05. The fraction of sp³-hybridized carbons (Fsp3) is 0.143. The lowest BCUT2D eigenvalue weighted by molar-refractivity contribution is 0.242. The Bertz CT molecular complexity index is 838. The zero-order valence-electron chi connectivity index (χ0n) is 15.2. The van der Waals surface area contributed by atoms with E-state index in [0.717, 1.165) is 5.75 Å². The Labute approximate surface area is 159 Å². The first-order valence-electron chi connectivity index (χ1n) is 8.67. The van der Waals surface area contributed by atoms with E-state index in [1.165, 1.54) is 0 Å². The molecule has 0 fully saturated rings. The average Bonchev–Trinajstić information content (AvgIpc) is 2.64. The molecule has 0 spiro atoms. The molecule has 0 unspecified atom stereocenters. The van der Waals surface area contributed by atoms with Gasteiger partial charge in [-0.3, -0.25) is 5.09 Å². The fourth-order valence-corrected chi connectivity index (χ4v) is 3.74. The van der Waals surface area contributed by atoms with Crippen molar-refractivity contribution in [2.75, 3.05) is 5.09 Å². The average molecular weight is 383 g/mol. The smallest absolute Gasteiger partial charge is 0.491 e. The lowest BCUT2D eigenvalue weighted by atomic mass is 10.3. The van der Waals surface area contributed by atoms with Gasteiger partial charge >= 0.3 is 7.75 Å². The monoisotopic (exact) mass is 383 g/mol. The zero-order valence-corrected chi connectivity index (χ0v) is 16.1. The van der Waals surface area contributed by atoms with Gasteiger partial charge in [0.2, 0.25) is 0 Å². The molecule has 0 heterocycles. The van der Waals surface area contributed by atoms with Gasteiger partial charge in [0.1, 0.15) is 17.2 Å². The van der Waals surface area contributed by atoms with Gasteiger partial charge in [0.05, 0.1) is 6.10 Å². The van der Waals surface area contributed by atoms with Gasteiger partial charge in [-0.2, -0.15) is 0 Å². The third-order valence-corrected chi connectivity index (χ3v) is 4.86. The number of benzene rings is 3. The van der Waals surface area contributed by atoms with Crippen LogP contribution in [0.25, 0.3) is 0 Å². The molecule has 0 amide bonds. The second-order valence-electron chi connectivity index (χ2n) is 6.11. The molecule has 1 N–H and O–H groups in total. The molecule has 0 aromatic heterocycles. The standard InChI is InChI=1S/C21H22NO4P/c1-17(2)24-19-15-13-18(14-16-19)22-27(23,25-20-9-5-3-6-10-20)26-21-11-7-4-8-12-21/h3-17H,1-2H3,(H,22,23). The zero-order chi connectivity index (χ0) is 19.1. The van der Waals surface area contributed by atoms with Crippen molar-refractivity contribution in [3.63, 3.8) is 0 Å². The highest BCUT2D eigenvalue weighted by Gasteiger charge is 2.29. The van der Waals surface area contributed by atoms with E-state index in [9.17, 15) is 4.57 Å². The van der Waals surface area contributed by atoms with Crippen molar-refractivity contribution in [1.82, 2.24) is 0 Å². The highest BCUT2D eigenvalue weighted by Crippen LogP contribution is 2.48. The number of ether oxygens (including phenoxy) is 1. The lowest BCUT2D eigenvalue weighted by Gasteiger charge is -2.21. The van der Waals surface area contributed by atoms with Crippen molar-refractivity contribution in [3.05, 3.63) is 84.9 Å². The van der Waals surface area contributed by atoms with Gasteiger partial charge in [0.15, 0.2) is 0 Å². The highest BCUT2D eigenvalue weighted by molar-refractivity contribution is 7.56. The van der Waals surface area contributed by atoms with Gasteiger partial charge in [-0.25, -0.2) is 4.57 Å². The topological polar surface area (TPSA) is 56.8 Å². The minimum Gasteiger partial charge on any atom is -0.491 e. The second kappa shape index (κ2) is 8.65. The molecule has 27 heavy (non-hydrogen) atoms. The predicted octanol–water partition coefficient (Wildman–Crippen LogP) is 6.15. The Hall–Kier alpha value is -2.91. The summed E-state index contributed by atoms with van der Waals surface area (Å²) in [5, 5.41) is 2.89. The van der Waals surface area contributed by atoms with Crippen LogP contribution in [-0.2, 0) is 4.57 Å². The number of hydrogen-bond donors (Lipinski definition) is 1. The Balaban J connectivity index is 1.81. The molecule has 3 rings (SSSR count). The molecule has 0 aliphatic heterocycles. The summed E-state index contributed by atoms with van der Waals surface area (Å²) in [7, 11) is -3.72. The van der Waals surface area contributed by atoms with Crippen LogP contribution in [0.5, 0.6) is 17.2 Å². The van der Waals surface area contributed by atoms with Crippen LogP contribution in [0.3, 0.4) is 0 Å². The quantitative estimate of drug-likeness (QED) is 0.473. The first kappa shape index (κ1) is 18.9. The maximum Gasteiger partial charge on any atom is 0.541 e. The first-order chi connectivity index (χ1) is 13.0. The molecular weight excluding hydrogens is 361 g/mol. The van der Waals surface area contributed by atoms with Crippen LogP contribution < -0.4 is 18.9 Å². The van der Waals surface area contributed by atoms with Gasteiger partial charge in [-0.05, 0) is 62.4 Å². The number of para-hydroxylation sites is 2. The van der Waals surface area contributed by atoms with Crippen LogP contribution in [-0.4, -0.2) is 6.10 Å². The molecule has 0 saturated carbocycles. The molecular formula is C21H22NO4P. The van der Waals surface area contributed by atoms with Crippen LogP contribution in [0.15, 0.2) is 84.9 Å². The van der Waals surface area contributed by atoms with E-state index in [0.29, 0.717) is 17.2 Å². The van der Waals surface area contributed by atoms with Crippen LogP contribution in [0.4, 0.5) is 5.69 Å². The summed E-state index contributed by atoms with van der Waals surface area (Å²) < 4.78 is 30.4. The third-order valence-electron chi connectivity index (χ3n) is 3.43. The Morgan fingerprint density at radius 1 is 0.704 bits per heavy atom. The maximum atomic E-state index is 13.4. The highest BCUT2D eigenvalue weighted by atomic mass is 31.2. The molecule has 5 nitrogen and oxygen atoms in total. The van der Waals surface area contributed by atoms with Crippen LogP contribution >= 0.6 is 7.75 Å². The third kappa shape index (κ3) is 5.80. The summed E-state index contributed by atoms with van der Waals surface area (Å²) >= 11 is 0. The molecule has 0 atom stereocenters. The van der Waals surface area contributed by atoms with Gasteiger partial charge in [0.25, 0.3) is 0 Å². The summed E-state index contributed by atoms with van der Waals surface area (Å²) in [6, 6.07) is 25.0. The molecule has 0 aliphatic rings. The van der Waals surface area contributed by atoms with Crippen LogP contribution in [0, 0.1) is 0 Å². The summed E-state index contributed by atoms with van der Waals surface area (Å²) in [5.74, 6) is 1.63. The van der Waals surface area contributed by atoms with E-state index in [-0.39, 0.29) is 6.10 Å². The van der Waals surface area contributed by atoms with Crippen molar-refractivity contribution < 1.29 is 18.3 Å². The predicted molar refractivity (Wildman–Crippen MR) is 108 cm³/mol. The minimum atomic E-state index is -3.72. The molecule has 3 aromatic carbocycles. The number of anilines is 1. The van der Waals surface area contributed by atoms with E-state index < -0.39 is 7.75 Å². The van der Waals surface area contributed by atoms with Gasteiger partial charge in [0, 0.05) is 5.69 Å². The minimum absolute atomic E-state index is 0.0812. The SMILES string of the molecule is CC(C)Oc1ccc(NP(=O)(Oc2ccccc2)Oc2ccccc2)cc1. The fourth-order valence-electron chi connectivity index (χ4n) is 2.34. The van der Waals surface area contributed by atoms with Crippen molar-refractivity contribution >= 4 is 13.4 Å². The Morgan fingerprint density at radius 2 is 1.19 bits per heavy atom. The molecule has 0 aliphatic carbocycles. The summed E-state index contributed by atoms with van der Waals surface area (Å²) in [5.41, 5.74) is 0.598. The largest absolute Gasteiger partial charge is 0.541 e. The number of hydrogen-bond acceptors (Lipinski definition) is 4. The summed E-state index contributed by atoms with van der Waals surface area (Å²) in [6.45, 7) is 3.92. The van der Waals surface area contributed by atoms with E-state index in [2.05, 4.69) is 5.09 Å². The van der Waals surface area contributed by atoms with Crippen LogP contribution in [0.1, 0.15) is 13.8 Å². The van der Waals surface area contributed by atoms with E-state index in [4.69, 9.17) is 13.8 Å². The Morgan fingerprint density at radius 3 is 1.63 bits per heavy atom. The van der Waals surface area contributed by atoms with Crippen molar-refractivity contribution in [2.45, 2.75) is 20.0 Å². The van der Waals surface area contributed by atoms with Crippen LogP contribution in [0.2, 0.25) is 0 Å². The molecule has 3 aromatic rings. The molecule has 0 saturated heterocycles.